The Bertz CT molecular complexity index is 443. The van der Waals surface area contributed by atoms with Crippen LogP contribution in [0.5, 0.6) is 11.5 Å². The first-order chi connectivity index (χ1) is 7.99. The second-order valence-electron chi connectivity index (χ2n) is 4.47. The number of rotatable bonds is 2. The van der Waals surface area contributed by atoms with Crippen LogP contribution < -0.4 is 10.5 Å². The zero-order valence-electron chi connectivity index (χ0n) is 9.59. The largest absolute Gasteiger partial charge is 0.503 e. The van der Waals surface area contributed by atoms with E-state index in [4.69, 9.17) is 10.5 Å². The Balaban J connectivity index is 2.57. The first-order valence-corrected chi connectivity index (χ1v) is 5.54. The van der Waals surface area contributed by atoms with Gasteiger partial charge >= 0.3 is 0 Å². The highest BCUT2D eigenvalue weighted by Gasteiger charge is 2.36. The Morgan fingerprint density at radius 3 is 2.41 bits per heavy atom. The van der Waals surface area contributed by atoms with Gasteiger partial charge in [0.2, 0.25) is 5.82 Å². The van der Waals surface area contributed by atoms with E-state index in [0.717, 1.165) is 12.8 Å². The lowest BCUT2D eigenvalue weighted by atomic mass is 9.88. The van der Waals surface area contributed by atoms with E-state index in [1.165, 1.54) is 13.2 Å². The molecule has 1 saturated carbocycles. The van der Waals surface area contributed by atoms with Crippen molar-refractivity contribution in [3.05, 3.63) is 23.3 Å². The molecule has 0 spiro atoms. The molecule has 0 aromatic heterocycles. The second-order valence-corrected chi connectivity index (χ2v) is 4.47. The van der Waals surface area contributed by atoms with Crippen molar-refractivity contribution in [2.45, 2.75) is 31.2 Å². The van der Waals surface area contributed by atoms with Gasteiger partial charge in [0.25, 0.3) is 0 Å². The van der Waals surface area contributed by atoms with Crippen LogP contribution in [0.4, 0.5) is 8.78 Å². The predicted octanol–water partition coefficient (Wildman–Crippen LogP) is 2.41. The molecule has 0 bridgehead atoms. The van der Waals surface area contributed by atoms with E-state index in [1.54, 1.807) is 0 Å². The fourth-order valence-electron chi connectivity index (χ4n) is 2.38. The van der Waals surface area contributed by atoms with Gasteiger partial charge in [-0.3, -0.25) is 0 Å². The Morgan fingerprint density at radius 1 is 1.29 bits per heavy atom. The van der Waals surface area contributed by atoms with Crippen LogP contribution in [0.3, 0.4) is 0 Å². The average molecular weight is 243 g/mol. The maximum Gasteiger partial charge on any atom is 0.209 e. The number of aromatic hydroxyl groups is 1. The Kier molecular flexibility index (Phi) is 2.95. The van der Waals surface area contributed by atoms with Gasteiger partial charge in [0, 0.05) is 11.1 Å². The normalized spacial score (nSPS) is 18.4. The molecule has 1 aliphatic rings. The summed E-state index contributed by atoms with van der Waals surface area (Å²) in [5.41, 5.74) is 5.39. The molecule has 1 aliphatic carbocycles. The van der Waals surface area contributed by atoms with Gasteiger partial charge in [-0.15, -0.1) is 0 Å². The van der Waals surface area contributed by atoms with Crippen LogP contribution in [0.2, 0.25) is 0 Å². The Labute approximate surface area is 98.2 Å². The molecule has 3 N–H and O–H groups in total. The number of hydrogen-bond acceptors (Lipinski definition) is 3. The summed E-state index contributed by atoms with van der Waals surface area (Å²) in [7, 11) is 1.26. The molecule has 0 unspecified atom stereocenters. The summed E-state index contributed by atoms with van der Waals surface area (Å²) in [6.07, 6.45) is 3.04. The quantitative estimate of drug-likeness (QED) is 0.838. The molecule has 1 fully saturated rings. The highest BCUT2D eigenvalue weighted by Crippen LogP contribution is 2.42. The number of phenolic OH excluding ortho intramolecular Hbond substituents is 1. The van der Waals surface area contributed by atoms with Crippen molar-refractivity contribution in [3.8, 4) is 11.5 Å². The molecule has 0 saturated heterocycles. The number of halogens is 2. The highest BCUT2D eigenvalue weighted by molar-refractivity contribution is 5.44. The first kappa shape index (κ1) is 12.1. The number of nitrogens with two attached hydrogens (primary N) is 1. The smallest absolute Gasteiger partial charge is 0.209 e. The minimum Gasteiger partial charge on any atom is -0.503 e. The van der Waals surface area contributed by atoms with Crippen LogP contribution in [0.15, 0.2) is 6.07 Å². The van der Waals surface area contributed by atoms with Crippen molar-refractivity contribution in [1.29, 1.82) is 0 Å². The van der Waals surface area contributed by atoms with Crippen LogP contribution in [0.1, 0.15) is 31.2 Å². The van der Waals surface area contributed by atoms with Gasteiger partial charge in [-0.05, 0) is 18.9 Å². The van der Waals surface area contributed by atoms with Crippen LogP contribution in [-0.2, 0) is 5.54 Å². The number of methoxy groups -OCH3 is 1. The van der Waals surface area contributed by atoms with Crippen molar-refractivity contribution in [1.82, 2.24) is 0 Å². The van der Waals surface area contributed by atoms with Crippen LogP contribution in [0, 0.1) is 11.6 Å². The van der Waals surface area contributed by atoms with Gasteiger partial charge in [-0.2, -0.15) is 4.39 Å². The minimum absolute atomic E-state index is 0.130. The monoisotopic (exact) mass is 243 g/mol. The summed E-state index contributed by atoms with van der Waals surface area (Å²) >= 11 is 0. The van der Waals surface area contributed by atoms with E-state index in [9.17, 15) is 13.9 Å². The molecule has 94 valence electrons. The summed E-state index contributed by atoms with van der Waals surface area (Å²) in [6, 6.07) is 1.25. The van der Waals surface area contributed by atoms with E-state index in [0.29, 0.717) is 12.8 Å². The third kappa shape index (κ3) is 1.84. The molecule has 0 radical (unpaired) electrons. The van der Waals surface area contributed by atoms with Gasteiger partial charge in [-0.25, -0.2) is 4.39 Å². The van der Waals surface area contributed by atoms with Gasteiger partial charge in [0.1, 0.15) is 0 Å². The number of hydrogen-bond donors (Lipinski definition) is 2. The molecule has 0 amide bonds. The van der Waals surface area contributed by atoms with Crippen molar-refractivity contribution in [3.63, 3.8) is 0 Å². The molecular formula is C12H15F2NO2. The summed E-state index contributed by atoms with van der Waals surface area (Å²) in [4.78, 5) is 0. The summed E-state index contributed by atoms with van der Waals surface area (Å²) in [5.74, 6) is -3.27. The van der Waals surface area contributed by atoms with Gasteiger partial charge in [-0.1, -0.05) is 12.8 Å². The standard InChI is InChI=1S/C12H15F2NO2/c1-17-8-6-7(9(13)11(16)10(8)14)12(15)4-2-3-5-12/h6,16H,2-5,15H2,1H3. The van der Waals surface area contributed by atoms with E-state index in [1.807, 2.05) is 0 Å². The molecule has 1 aromatic carbocycles. The molecule has 0 atom stereocenters. The lowest BCUT2D eigenvalue weighted by Gasteiger charge is -2.25. The minimum atomic E-state index is -1.09. The fourth-order valence-corrected chi connectivity index (χ4v) is 2.38. The van der Waals surface area contributed by atoms with Crippen molar-refractivity contribution in [2.75, 3.05) is 7.11 Å². The lowest BCUT2D eigenvalue weighted by Crippen LogP contribution is -2.34. The molecule has 1 aromatic rings. The Hall–Kier alpha value is -1.36. The highest BCUT2D eigenvalue weighted by atomic mass is 19.1. The zero-order chi connectivity index (χ0) is 12.6. The first-order valence-electron chi connectivity index (χ1n) is 5.54. The van der Waals surface area contributed by atoms with E-state index >= 15 is 0 Å². The predicted molar refractivity (Wildman–Crippen MR) is 58.9 cm³/mol. The van der Waals surface area contributed by atoms with Crippen LogP contribution >= 0.6 is 0 Å². The topological polar surface area (TPSA) is 55.5 Å². The average Bonchev–Trinajstić information content (AvgIpc) is 2.74. The summed E-state index contributed by atoms with van der Waals surface area (Å²) in [6.45, 7) is 0. The number of phenols is 1. The zero-order valence-corrected chi connectivity index (χ0v) is 9.59. The maximum absolute atomic E-state index is 13.9. The SMILES string of the molecule is COc1cc(C2(N)CCCC2)c(F)c(O)c1F. The van der Waals surface area contributed by atoms with E-state index < -0.39 is 22.9 Å². The molecule has 0 heterocycles. The molecule has 0 aliphatic heterocycles. The number of ether oxygens (including phenoxy) is 1. The molecular weight excluding hydrogens is 228 g/mol. The summed E-state index contributed by atoms with van der Waals surface area (Å²) < 4.78 is 32.0. The molecule has 5 heteroatoms. The fraction of sp³-hybridized carbons (Fsp3) is 0.500. The maximum atomic E-state index is 13.9. The van der Waals surface area contributed by atoms with Crippen LogP contribution in [-0.4, -0.2) is 12.2 Å². The van der Waals surface area contributed by atoms with Gasteiger partial charge in [0.05, 0.1) is 7.11 Å². The number of benzene rings is 1. The van der Waals surface area contributed by atoms with Crippen molar-refractivity contribution in [2.24, 2.45) is 5.73 Å². The third-order valence-corrected chi connectivity index (χ3v) is 3.40. The molecule has 17 heavy (non-hydrogen) atoms. The van der Waals surface area contributed by atoms with Crippen LogP contribution in [0.25, 0.3) is 0 Å². The Morgan fingerprint density at radius 2 is 1.88 bits per heavy atom. The van der Waals surface area contributed by atoms with E-state index in [2.05, 4.69) is 0 Å². The summed E-state index contributed by atoms with van der Waals surface area (Å²) in [5, 5.41) is 9.39. The third-order valence-electron chi connectivity index (χ3n) is 3.40. The van der Waals surface area contributed by atoms with Gasteiger partial charge in [0.15, 0.2) is 17.3 Å². The van der Waals surface area contributed by atoms with Gasteiger partial charge < -0.3 is 15.6 Å². The lowest BCUT2D eigenvalue weighted by molar-refractivity contribution is 0.336. The van der Waals surface area contributed by atoms with Crippen molar-refractivity contribution < 1.29 is 18.6 Å². The molecule has 2 rings (SSSR count). The van der Waals surface area contributed by atoms with E-state index in [-0.39, 0.29) is 11.3 Å². The van der Waals surface area contributed by atoms with Crippen molar-refractivity contribution >= 4 is 0 Å². The second kappa shape index (κ2) is 4.14. The molecule has 3 nitrogen and oxygen atoms in total.